The summed E-state index contributed by atoms with van der Waals surface area (Å²) < 4.78 is 18.9. The molecule has 222 valence electrons. The van der Waals surface area contributed by atoms with Gasteiger partial charge in [-0.3, -0.25) is 9.59 Å². The predicted molar refractivity (Wildman–Crippen MR) is 161 cm³/mol. The van der Waals surface area contributed by atoms with Gasteiger partial charge in [0.15, 0.2) is 8.32 Å². The molecule has 3 aliphatic rings. The van der Waals surface area contributed by atoms with Crippen LogP contribution in [0.4, 0.5) is 0 Å². The standard InChI is InChI=1S/C33H56O5Si/c1-10-12-24(13-11-2)32(35)37-29-19-22(3)18-25-15-14-23(4)28(31(25)29)17-16-26-20-27(21-30(34)36-26)38-39(8,9)33(5,6)7/h14-15,18,22-24,26-29,31H,10-13,16-17,19-21H2,1-9H3/t22-,23-,26+,27+,28-,29-,31?/m0/s1. The maximum absolute atomic E-state index is 13.3. The van der Waals surface area contributed by atoms with Gasteiger partial charge in [-0.1, -0.05) is 79.5 Å². The number of carbonyl (C=O) groups is 2. The highest BCUT2D eigenvalue weighted by Gasteiger charge is 2.44. The molecule has 2 aliphatic carbocycles. The topological polar surface area (TPSA) is 61.8 Å². The Labute approximate surface area is 239 Å². The van der Waals surface area contributed by atoms with E-state index < -0.39 is 8.32 Å². The summed E-state index contributed by atoms with van der Waals surface area (Å²) in [5.74, 6) is 1.17. The molecule has 1 fully saturated rings. The SMILES string of the molecule is CCCC(CCC)C(=O)O[C@H]1C[C@@H](C)C=C2C=C[C@H](C)[C@H](CC[C@@H]3C[C@@H](O[Si](C)(C)C(C)(C)C)CC(=O)O3)C21. The average molecular weight is 561 g/mol. The fourth-order valence-corrected chi connectivity index (χ4v) is 7.99. The van der Waals surface area contributed by atoms with E-state index in [0.29, 0.717) is 24.2 Å². The van der Waals surface area contributed by atoms with Gasteiger partial charge in [0.2, 0.25) is 0 Å². The first-order valence-electron chi connectivity index (χ1n) is 15.7. The number of ether oxygens (including phenoxy) is 2. The highest BCUT2D eigenvalue weighted by Crippen LogP contribution is 2.46. The molecule has 1 heterocycles. The summed E-state index contributed by atoms with van der Waals surface area (Å²) in [6.45, 7) is 20.0. The van der Waals surface area contributed by atoms with E-state index in [9.17, 15) is 9.59 Å². The van der Waals surface area contributed by atoms with Crippen LogP contribution in [0.15, 0.2) is 23.8 Å². The molecule has 7 atom stereocenters. The van der Waals surface area contributed by atoms with Gasteiger partial charge in [-0.25, -0.2) is 0 Å². The van der Waals surface area contributed by atoms with E-state index in [1.165, 1.54) is 5.57 Å². The monoisotopic (exact) mass is 560 g/mol. The van der Waals surface area contributed by atoms with Crippen molar-refractivity contribution in [1.82, 2.24) is 0 Å². The highest BCUT2D eigenvalue weighted by atomic mass is 28.4. The van der Waals surface area contributed by atoms with Gasteiger partial charge in [0.1, 0.15) is 12.2 Å². The number of hydrogen-bond donors (Lipinski definition) is 0. The maximum Gasteiger partial charge on any atom is 0.309 e. The lowest BCUT2D eigenvalue weighted by Gasteiger charge is -2.44. The number of hydrogen-bond acceptors (Lipinski definition) is 5. The van der Waals surface area contributed by atoms with Crippen molar-refractivity contribution in [3.05, 3.63) is 23.8 Å². The lowest BCUT2D eigenvalue weighted by atomic mass is 9.65. The van der Waals surface area contributed by atoms with Gasteiger partial charge in [0.05, 0.1) is 18.4 Å². The Bertz CT molecular complexity index is 894. The Kier molecular flexibility index (Phi) is 11.1. The van der Waals surface area contributed by atoms with Crippen molar-refractivity contribution < 1.29 is 23.5 Å². The molecule has 1 unspecified atom stereocenters. The van der Waals surface area contributed by atoms with Crippen LogP contribution in [-0.4, -0.2) is 38.6 Å². The average Bonchev–Trinajstić information content (AvgIpc) is 2.82. The van der Waals surface area contributed by atoms with Crippen molar-refractivity contribution in [2.75, 3.05) is 0 Å². The summed E-state index contributed by atoms with van der Waals surface area (Å²) in [7, 11) is -1.97. The second-order valence-electron chi connectivity index (χ2n) is 14.2. The number of fused-ring (bicyclic) bond motifs is 1. The zero-order valence-electron chi connectivity index (χ0n) is 26.3. The molecule has 0 bridgehead atoms. The van der Waals surface area contributed by atoms with E-state index >= 15 is 0 Å². The van der Waals surface area contributed by atoms with Crippen LogP contribution in [0.2, 0.25) is 18.1 Å². The normalized spacial score (nSPS) is 31.5. The summed E-state index contributed by atoms with van der Waals surface area (Å²) in [4.78, 5) is 25.9. The van der Waals surface area contributed by atoms with Crippen molar-refractivity contribution in [1.29, 1.82) is 0 Å². The second-order valence-corrected chi connectivity index (χ2v) is 18.9. The minimum atomic E-state index is -1.97. The summed E-state index contributed by atoms with van der Waals surface area (Å²) in [5.41, 5.74) is 1.32. The van der Waals surface area contributed by atoms with Crippen LogP contribution >= 0.6 is 0 Å². The Morgan fingerprint density at radius 1 is 1.10 bits per heavy atom. The lowest BCUT2D eigenvalue weighted by molar-refractivity contribution is -0.162. The van der Waals surface area contributed by atoms with Crippen LogP contribution < -0.4 is 0 Å². The summed E-state index contributed by atoms with van der Waals surface area (Å²) >= 11 is 0. The molecular weight excluding hydrogens is 504 g/mol. The van der Waals surface area contributed by atoms with E-state index in [0.717, 1.165) is 51.4 Å². The molecule has 1 saturated heterocycles. The number of cyclic esters (lactones) is 1. The van der Waals surface area contributed by atoms with E-state index in [1.807, 2.05) is 0 Å². The van der Waals surface area contributed by atoms with Crippen molar-refractivity contribution >= 4 is 20.3 Å². The highest BCUT2D eigenvalue weighted by molar-refractivity contribution is 6.74. The zero-order chi connectivity index (χ0) is 29.0. The first kappa shape index (κ1) is 32.1. The van der Waals surface area contributed by atoms with Gasteiger partial charge >= 0.3 is 11.9 Å². The molecule has 0 aromatic heterocycles. The second kappa shape index (κ2) is 13.5. The molecule has 6 heteroatoms. The van der Waals surface area contributed by atoms with E-state index in [2.05, 4.69) is 79.8 Å². The third-order valence-electron chi connectivity index (χ3n) is 9.78. The third-order valence-corrected chi connectivity index (χ3v) is 14.3. The lowest BCUT2D eigenvalue weighted by Crippen LogP contribution is -2.47. The number of allylic oxidation sites excluding steroid dienone is 3. The van der Waals surface area contributed by atoms with Crippen LogP contribution in [0.5, 0.6) is 0 Å². The Balaban J connectivity index is 1.72. The molecule has 5 nitrogen and oxygen atoms in total. The fraction of sp³-hybridized carbons (Fsp3) is 0.818. The van der Waals surface area contributed by atoms with Crippen molar-refractivity contribution in [3.8, 4) is 0 Å². The zero-order valence-corrected chi connectivity index (χ0v) is 27.3. The molecule has 39 heavy (non-hydrogen) atoms. The quantitative estimate of drug-likeness (QED) is 0.188. The molecular formula is C33H56O5Si. The van der Waals surface area contributed by atoms with Crippen molar-refractivity contribution in [3.63, 3.8) is 0 Å². The van der Waals surface area contributed by atoms with E-state index in [-0.39, 0.29) is 47.1 Å². The van der Waals surface area contributed by atoms with E-state index in [4.69, 9.17) is 13.9 Å². The molecule has 1 aliphatic heterocycles. The minimum absolute atomic E-state index is 0.000785. The van der Waals surface area contributed by atoms with Gasteiger partial charge in [0.25, 0.3) is 0 Å². The predicted octanol–water partition coefficient (Wildman–Crippen LogP) is 8.40. The molecule has 0 amide bonds. The summed E-state index contributed by atoms with van der Waals surface area (Å²) in [6, 6.07) is 0. The first-order valence-corrected chi connectivity index (χ1v) is 18.6. The number of esters is 2. The molecule has 0 N–H and O–H groups in total. The molecule has 0 spiro atoms. The minimum Gasteiger partial charge on any atom is -0.462 e. The van der Waals surface area contributed by atoms with Gasteiger partial charge in [-0.05, 0) is 73.6 Å². The van der Waals surface area contributed by atoms with Crippen LogP contribution in [-0.2, 0) is 23.5 Å². The molecule has 0 aromatic carbocycles. The van der Waals surface area contributed by atoms with Crippen LogP contribution in [0, 0.1) is 29.6 Å². The van der Waals surface area contributed by atoms with Crippen LogP contribution in [0.1, 0.15) is 106 Å². The summed E-state index contributed by atoms with van der Waals surface area (Å²) in [5, 5.41) is 0.105. The Morgan fingerprint density at radius 2 is 1.77 bits per heavy atom. The first-order chi connectivity index (χ1) is 18.3. The third kappa shape index (κ3) is 8.31. The molecule has 0 saturated carbocycles. The number of rotatable bonds is 11. The fourth-order valence-electron chi connectivity index (χ4n) is 6.63. The van der Waals surface area contributed by atoms with Crippen LogP contribution in [0.25, 0.3) is 0 Å². The van der Waals surface area contributed by atoms with Gasteiger partial charge in [-0.15, -0.1) is 0 Å². The molecule has 0 aromatic rings. The Morgan fingerprint density at radius 3 is 2.38 bits per heavy atom. The van der Waals surface area contributed by atoms with Gasteiger partial charge in [-0.2, -0.15) is 0 Å². The summed E-state index contributed by atoms with van der Waals surface area (Å²) in [6.07, 6.45) is 14.2. The molecule has 3 rings (SSSR count). The van der Waals surface area contributed by atoms with Crippen LogP contribution in [0.3, 0.4) is 0 Å². The van der Waals surface area contributed by atoms with Crippen molar-refractivity contribution in [2.45, 2.75) is 143 Å². The van der Waals surface area contributed by atoms with Gasteiger partial charge < -0.3 is 13.9 Å². The van der Waals surface area contributed by atoms with Gasteiger partial charge in [0, 0.05) is 12.3 Å². The van der Waals surface area contributed by atoms with Crippen molar-refractivity contribution in [2.24, 2.45) is 29.6 Å². The Hall–Kier alpha value is -1.40. The smallest absolute Gasteiger partial charge is 0.309 e. The maximum atomic E-state index is 13.3. The van der Waals surface area contributed by atoms with E-state index in [1.54, 1.807) is 0 Å². The largest absolute Gasteiger partial charge is 0.462 e. The molecule has 0 radical (unpaired) electrons. The number of carbonyl (C=O) groups excluding carboxylic acids is 2.